The molecule has 0 atom stereocenters. The number of H-pyrrole nitrogens is 1. The lowest BCUT2D eigenvalue weighted by Crippen LogP contribution is -2.00. The molecule has 3 rings (SSSR count). The summed E-state index contributed by atoms with van der Waals surface area (Å²) in [7, 11) is 0. The molecule has 3 aromatic rings. The van der Waals surface area contributed by atoms with E-state index in [1.165, 1.54) is 0 Å². The Morgan fingerprint density at radius 1 is 1.16 bits per heavy atom. The maximum Gasteiger partial charge on any atom is 0.0671 e. The molecule has 2 aromatic carbocycles. The summed E-state index contributed by atoms with van der Waals surface area (Å²) in [5, 5.41) is 12.8. The average molecular weight is 292 g/mol. The first-order valence-electron chi connectivity index (χ1n) is 5.84. The first-order valence-corrected chi connectivity index (χ1v) is 6.59. The second kappa shape index (κ2) is 5.11. The number of nitrogens with one attached hydrogen (secondary N) is 2. The van der Waals surface area contributed by atoms with Crippen molar-refractivity contribution in [3.05, 3.63) is 58.2 Å². The largest absolute Gasteiger partial charge is 0.380 e. The van der Waals surface area contributed by atoms with Gasteiger partial charge in [0.1, 0.15) is 0 Å². The summed E-state index contributed by atoms with van der Waals surface area (Å²) in [4.78, 5) is 0. The van der Waals surface area contributed by atoms with Crippen molar-refractivity contribution in [1.82, 2.24) is 10.2 Å². The van der Waals surface area contributed by atoms with Crippen LogP contribution in [0, 0.1) is 0 Å². The standard InChI is InChI=1S/C14H11Cl2N3/c15-10-4-5-12(16)9(6-10)7-17-13-2-1-3-14-11(13)8-18-19-14/h1-6,8,17H,7H2,(H,18,19). The minimum absolute atomic E-state index is 0.615. The Hall–Kier alpha value is -1.71. The maximum absolute atomic E-state index is 6.14. The Morgan fingerprint density at radius 3 is 2.95 bits per heavy atom. The van der Waals surface area contributed by atoms with Crippen molar-refractivity contribution < 1.29 is 0 Å². The van der Waals surface area contributed by atoms with Gasteiger partial charge >= 0.3 is 0 Å². The first kappa shape index (κ1) is 12.3. The number of fused-ring (bicyclic) bond motifs is 1. The molecule has 1 aromatic heterocycles. The number of halogens is 2. The summed E-state index contributed by atoms with van der Waals surface area (Å²) in [5.41, 5.74) is 2.99. The lowest BCUT2D eigenvalue weighted by molar-refractivity contribution is 1.12. The molecule has 0 saturated carbocycles. The summed E-state index contributed by atoms with van der Waals surface area (Å²) in [5.74, 6) is 0. The van der Waals surface area contributed by atoms with Crippen LogP contribution in [0.4, 0.5) is 5.69 Å². The van der Waals surface area contributed by atoms with Gasteiger partial charge in [-0.15, -0.1) is 0 Å². The molecule has 0 bridgehead atoms. The normalized spacial score (nSPS) is 10.8. The fraction of sp³-hybridized carbons (Fsp3) is 0.0714. The van der Waals surface area contributed by atoms with Crippen LogP contribution in [-0.4, -0.2) is 10.2 Å². The van der Waals surface area contributed by atoms with E-state index in [4.69, 9.17) is 23.2 Å². The van der Waals surface area contributed by atoms with Gasteiger partial charge in [0.15, 0.2) is 0 Å². The Labute approximate surface area is 120 Å². The van der Waals surface area contributed by atoms with Crippen molar-refractivity contribution in [2.45, 2.75) is 6.54 Å². The van der Waals surface area contributed by atoms with Crippen LogP contribution in [-0.2, 0) is 6.54 Å². The van der Waals surface area contributed by atoms with Crippen molar-refractivity contribution in [1.29, 1.82) is 0 Å². The van der Waals surface area contributed by atoms with Crippen molar-refractivity contribution >= 4 is 39.8 Å². The number of aromatic amines is 1. The van der Waals surface area contributed by atoms with Gasteiger partial charge in [0, 0.05) is 27.7 Å². The molecular weight excluding hydrogens is 281 g/mol. The summed E-state index contributed by atoms with van der Waals surface area (Å²) in [6.45, 7) is 0.615. The summed E-state index contributed by atoms with van der Waals surface area (Å²) in [6.07, 6.45) is 1.80. The van der Waals surface area contributed by atoms with Gasteiger partial charge in [0.05, 0.1) is 11.7 Å². The van der Waals surface area contributed by atoms with Gasteiger partial charge in [-0.2, -0.15) is 5.10 Å². The molecule has 0 aliphatic heterocycles. The molecule has 0 radical (unpaired) electrons. The minimum Gasteiger partial charge on any atom is -0.380 e. The van der Waals surface area contributed by atoms with E-state index in [-0.39, 0.29) is 0 Å². The van der Waals surface area contributed by atoms with Crippen molar-refractivity contribution in [3.8, 4) is 0 Å². The van der Waals surface area contributed by atoms with Crippen molar-refractivity contribution in [3.63, 3.8) is 0 Å². The Morgan fingerprint density at radius 2 is 2.05 bits per heavy atom. The van der Waals surface area contributed by atoms with Gasteiger partial charge in [0.2, 0.25) is 0 Å². The van der Waals surface area contributed by atoms with E-state index in [2.05, 4.69) is 15.5 Å². The van der Waals surface area contributed by atoms with Crippen LogP contribution >= 0.6 is 23.2 Å². The molecule has 5 heteroatoms. The predicted octanol–water partition coefficient (Wildman–Crippen LogP) is 4.48. The third-order valence-corrected chi connectivity index (χ3v) is 3.57. The van der Waals surface area contributed by atoms with Crippen LogP contribution in [0.25, 0.3) is 10.9 Å². The monoisotopic (exact) mass is 291 g/mol. The summed E-state index contributed by atoms with van der Waals surface area (Å²) < 4.78 is 0. The smallest absolute Gasteiger partial charge is 0.0671 e. The number of benzene rings is 2. The van der Waals surface area contributed by atoms with Crippen LogP contribution in [0.3, 0.4) is 0 Å². The molecule has 3 nitrogen and oxygen atoms in total. The molecule has 0 aliphatic rings. The van der Waals surface area contributed by atoms with E-state index < -0.39 is 0 Å². The maximum atomic E-state index is 6.14. The molecule has 19 heavy (non-hydrogen) atoms. The molecule has 0 saturated heterocycles. The highest BCUT2D eigenvalue weighted by molar-refractivity contribution is 6.33. The minimum atomic E-state index is 0.615. The van der Waals surface area contributed by atoms with Crippen LogP contribution in [0.5, 0.6) is 0 Å². The predicted molar refractivity (Wildman–Crippen MR) is 79.9 cm³/mol. The third kappa shape index (κ3) is 2.53. The van der Waals surface area contributed by atoms with E-state index in [9.17, 15) is 0 Å². The third-order valence-electron chi connectivity index (χ3n) is 2.96. The molecule has 1 heterocycles. The number of hydrogen-bond donors (Lipinski definition) is 2. The number of anilines is 1. The average Bonchev–Trinajstić information content (AvgIpc) is 2.88. The lowest BCUT2D eigenvalue weighted by atomic mass is 10.2. The molecular formula is C14H11Cl2N3. The molecule has 0 fully saturated rings. The van der Waals surface area contributed by atoms with E-state index in [0.29, 0.717) is 16.6 Å². The van der Waals surface area contributed by atoms with E-state index in [1.807, 2.05) is 24.3 Å². The molecule has 96 valence electrons. The Balaban J connectivity index is 1.86. The quantitative estimate of drug-likeness (QED) is 0.747. The molecule has 0 spiro atoms. The SMILES string of the molecule is Clc1ccc(Cl)c(CNc2cccc3[nH]ncc23)c1. The van der Waals surface area contributed by atoms with Gasteiger partial charge in [0.25, 0.3) is 0 Å². The van der Waals surface area contributed by atoms with Gasteiger partial charge < -0.3 is 5.32 Å². The zero-order valence-corrected chi connectivity index (χ0v) is 11.5. The van der Waals surface area contributed by atoms with Crippen molar-refractivity contribution in [2.75, 3.05) is 5.32 Å². The summed E-state index contributed by atoms with van der Waals surface area (Å²) in [6, 6.07) is 11.4. The highest BCUT2D eigenvalue weighted by atomic mass is 35.5. The van der Waals surface area contributed by atoms with E-state index in [0.717, 1.165) is 22.2 Å². The zero-order valence-electron chi connectivity index (χ0n) is 9.95. The molecule has 0 unspecified atom stereocenters. The highest BCUT2D eigenvalue weighted by Gasteiger charge is 2.04. The number of rotatable bonds is 3. The second-order valence-corrected chi connectivity index (χ2v) is 5.07. The molecule has 0 aliphatic carbocycles. The fourth-order valence-electron chi connectivity index (χ4n) is 1.99. The topological polar surface area (TPSA) is 40.7 Å². The number of hydrogen-bond acceptors (Lipinski definition) is 2. The van der Waals surface area contributed by atoms with Gasteiger partial charge in [-0.3, -0.25) is 5.10 Å². The van der Waals surface area contributed by atoms with Crippen LogP contribution in [0.1, 0.15) is 5.56 Å². The molecule has 0 amide bonds. The lowest BCUT2D eigenvalue weighted by Gasteiger charge is -2.09. The van der Waals surface area contributed by atoms with Crippen LogP contribution in [0.2, 0.25) is 10.0 Å². The Kier molecular flexibility index (Phi) is 3.32. The number of nitrogens with zero attached hydrogens (tertiary/aromatic N) is 1. The van der Waals surface area contributed by atoms with E-state index >= 15 is 0 Å². The van der Waals surface area contributed by atoms with Gasteiger partial charge in [-0.05, 0) is 35.9 Å². The fourth-order valence-corrected chi connectivity index (χ4v) is 2.37. The first-order chi connectivity index (χ1) is 9.24. The summed E-state index contributed by atoms with van der Waals surface area (Å²) >= 11 is 12.1. The van der Waals surface area contributed by atoms with E-state index in [1.54, 1.807) is 18.3 Å². The van der Waals surface area contributed by atoms with Crippen LogP contribution < -0.4 is 5.32 Å². The van der Waals surface area contributed by atoms with Crippen molar-refractivity contribution in [2.24, 2.45) is 0 Å². The van der Waals surface area contributed by atoms with Crippen LogP contribution in [0.15, 0.2) is 42.6 Å². The highest BCUT2D eigenvalue weighted by Crippen LogP contribution is 2.24. The Bertz CT molecular complexity index is 722. The van der Waals surface area contributed by atoms with Gasteiger partial charge in [-0.1, -0.05) is 29.3 Å². The van der Waals surface area contributed by atoms with Gasteiger partial charge in [-0.25, -0.2) is 0 Å². The second-order valence-electron chi connectivity index (χ2n) is 4.23. The zero-order chi connectivity index (χ0) is 13.2. The number of aromatic nitrogens is 2. The molecule has 2 N–H and O–H groups in total.